The van der Waals surface area contributed by atoms with Gasteiger partial charge in [-0.15, -0.1) is 0 Å². The number of nitrogens with zero attached hydrogens (tertiary/aromatic N) is 2. The second-order valence-electron chi connectivity index (χ2n) is 19.4. The fourth-order valence-corrected chi connectivity index (χ4v) is 11.0. The number of fused-ring (bicyclic) bond motifs is 5. The summed E-state index contributed by atoms with van der Waals surface area (Å²) in [7, 11) is 0. The first-order valence-electron chi connectivity index (χ1n) is 23.8. The average molecular weight is 873 g/mol. The molecule has 0 unspecified atom stereocenters. The minimum absolute atomic E-state index is 0.111. The van der Waals surface area contributed by atoms with Gasteiger partial charge in [0, 0.05) is 33.6 Å². The normalized spacial score (nSPS) is 13.8. The van der Waals surface area contributed by atoms with Crippen molar-refractivity contribution in [1.82, 2.24) is 0 Å². The average Bonchev–Trinajstić information content (AvgIpc) is 3.62. The molecule has 2 nitrogen and oxygen atoms in total. The molecule has 10 aromatic rings. The van der Waals surface area contributed by atoms with Crippen LogP contribution in [0, 0.1) is 0 Å². The molecule has 0 amide bonds. The zero-order chi connectivity index (χ0) is 46.0. The molecule has 1 aliphatic heterocycles. The summed E-state index contributed by atoms with van der Waals surface area (Å²) in [6.45, 7) is 9.49. The van der Waals surface area contributed by atoms with Gasteiger partial charge >= 0.3 is 0 Å². The van der Waals surface area contributed by atoms with E-state index in [0.717, 1.165) is 22.7 Å². The van der Waals surface area contributed by atoms with Gasteiger partial charge in [-0.2, -0.15) is 0 Å². The van der Waals surface area contributed by atoms with Crippen LogP contribution >= 0.6 is 0 Å². The lowest BCUT2D eigenvalue weighted by Gasteiger charge is -2.42. The Bertz CT molecular complexity index is 3460. The highest BCUT2D eigenvalue weighted by Crippen LogP contribution is 2.54. The lowest BCUT2D eigenvalue weighted by atomic mass is 9.72. The van der Waals surface area contributed by atoms with Crippen LogP contribution in [-0.2, 0) is 10.8 Å². The van der Waals surface area contributed by atoms with E-state index in [1.165, 1.54) is 89.3 Å². The number of rotatable bonds is 8. The fourth-order valence-electron chi connectivity index (χ4n) is 11.0. The standard InChI is InChI=1S/C66H52N2/c1-65(2)59-23-15-14-22-57(59)58-39-38-56(44-60(58)65)67(53-32-24-48(25-33-53)45-16-8-5-9-17-45)54-34-28-50(29-35-54)52-31-41-64-62(43-52)66(3,4)61-42-51(47-20-12-7-13-21-47)30-40-63(61)68(64)55-36-26-49(27-37-55)46-18-10-6-11-19-46/h5-44H,1-4H3. The van der Waals surface area contributed by atoms with Crippen LogP contribution in [0.2, 0.25) is 0 Å². The molecule has 0 saturated carbocycles. The Morgan fingerprint density at radius 2 is 0.647 bits per heavy atom. The molecule has 2 aliphatic rings. The van der Waals surface area contributed by atoms with Gasteiger partial charge in [-0.25, -0.2) is 0 Å². The first-order valence-corrected chi connectivity index (χ1v) is 23.8. The van der Waals surface area contributed by atoms with Crippen LogP contribution in [0.3, 0.4) is 0 Å². The van der Waals surface area contributed by atoms with Gasteiger partial charge in [-0.05, 0) is 151 Å². The highest BCUT2D eigenvalue weighted by Gasteiger charge is 2.38. The summed E-state index contributed by atoms with van der Waals surface area (Å²) in [5, 5.41) is 0. The zero-order valence-corrected chi connectivity index (χ0v) is 39.0. The van der Waals surface area contributed by atoms with Gasteiger partial charge in [-0.3, -0.25) is 0 Å². The van der Waals surface area contributed by atoms with Crippen LogP contribution in [-0.4, -0.2) is 0 Å². The summed E-state index contributed by atoms with van der Waals surface area (Å²) in [5.41, 5.74) is 24.2. The van der Waals surface area contributed by atoms with Gasteiger partial charge in [-0.1, -0.05) is 198 Å². The maximum Gasteiger partial charge on any atom is 0.0503 e. The molecule has 1 heterocycles. The molecule has 0 N–H and O–H groups in total. The van der Waals surface area contributed by atoms with E-state index in [1.807, 2.05) is 0 Å². The summed E-state index contributed by atoms with van der Waals surface area (Å²) in [5.74, 6) is 0. The predicted molar refractivity (Wildman–Crippen MR) is 287 cm³/mol. The molecule has 0 spiro atoms. The minimum atomic E-state index is -0.282. The van der Waals surface area contributed by atoms with Gasteiger partial charge in [0.05, 0.1) is 11.4 Å². The molecule has 0 atom stereocenters. The smallest absolute Gasteiger partial charge is 0.0503 e. The Labute approximate surface area is 401 Å². The number of anilines is 6. The Kier molecular flexibility index (Phi) is 9.88. The van der Waals surface area contributed by atoms with Gasteiger partial charge in [0.2, 0.25) is 0 Å². The van der Waals surface area contributed by atoms with Crippen LogP contribution in [0.5, 0.6) is 0 Å². The molecule has 0 aromatic heterocycles. The van der Waals surface area contributed by atoms with Crippen molar-refractivity contribution < 1.29 is 0 Å². The van der Waals surface area contributed by atoms with Crippen molar-refractivity contribution >= 4 is 34.1 Å². The Morgan fingerprint density at radius 1 is 0.279 bits per heavy atom. The second kappa shape index (κ2) is 16.3. The van der Waals surface area contributed by atoms with Crippen molar-refractivity contribution in [2.24, 2.45) is 0 Å². The highest BCUT2D eigenvalue weighted by atomic mass is 15.2. The fraction of sp³-hybridized carbons (Fsp3) is 0.0909. The third-order valence-corrected chi connectivity index (χ3v) is 14.7. The van der Waals surface area contributed by atoms with Crippen molar-refractivity contribution in [2.75, 3.05) is 9.80 Å². The Morgan fingerprint density at radius 3 is 1.16 bits per heavy atom. The topological polar surface area (TPSA) is 6.48 Å². The second-order valence-corrected chi connectivity index (χ2v) is 19.4. The number of benzene rings is 10. The lowest BCUT2D eigenvalue weighted by Crippen LogP contribution is -2.30. The van der Waals surface area contributed by atoms with Crippen LogP contribution in [0.1, 0.15) is 49.9 Å². The molecule has 68 heavy (non-hydrogen) atoms. The largest absolute Gasteiger partial charge is 0.310 e. The van der Waals surface area contributed by atoms with E-state index in [2.05, 4.69) is 280 Å². The summed E-state index contributed by atoms with van der Waals surface area (Å²) < 4.78 is 0. The van der Waals surface area contributed by atoms with Crippen molar-refractivity contribution in [3.8, 4) is 55.6 Å². The van der Waals surface area contributed by atoms with Crippen LogP contribution < -0.4 is 9.80 Å². The summed E-state index contributed by atoms with van der Waals surface area (Å²) in [6, 6.07) is 89.3. The third kappa shape index (κ3) is 6.95. The summed E-state index contributed by atoms with van der Waals surface area (Å²) in [6.07, 6.45) is 0. The van der Waals surface area contributed by atoms with Gasteiger partial charge in [0.25, 0.3) is 0 Å². The van der Waals surface area contributed by atoms with E-state index in [0.29, 0.717) is 0 Å². The van der Waals surface area contributed by atoms with Crippen molar-refractivity contribution in [1.29, 1.82) is 0 Å². The molecular weight excluding hydrogens is 821 g/mol. The van der Waals surface area contributed by atoms with Gasteiger partial charge in [0.15, 0.2) is 0 Å². The lowest BCUT2D eigenvalue weighted by molar-refractivity contribution is 0.632. The van der Waals surface area contributed by atoms with E-state index < -0.39 is 0 Å². The Balaban J connectivity index is 0.945. The number of hydrogen-bond acceptors (Lipinski definition) is 2. The maximum absolute atomic E-state index is 2.46. The predicted octanol–water partition coefficient (Wildman–Crippen LogP) is 18.2. The zero-order valence-electron chi connectivity index (χ0n) is 39.0. The number of hydrogen-bond donors (Lipinski definition) is 0. The third-order valence-electron chi connectivity index (χ3n) is 14.7. The molecule has 12 rings (SSSR count). The first-order chi connectivity index (χ1) is 33.2. The van der Waals surface area contributed by atoms with Crippen LogP contribution in [0.25, 0.3) is 55.6 Å². The molecule has 10 aromatic carbocycles. The molecule has 0 radical (unpaired) electrons. The van der Waals surface area contributed by atoms with E-state index in [-0.39, 0.29) is 10.8 Å². The molecular formula is C66H52N2. The van der Waals surface area contributed by atoms with Crippen molar-refractivity contribution in [2.45, 2.75) is 38.5 Å². The molecule has 0 saturated heterocycles. The molecule has 1 aliphatic carbocycles. The van der Waals surface area contributed by atoms with E-state index >= 15 is 0 Å². The minimum Gasteiger partial charge on any atom is -0.310 e. The summed E-state index contributed by atoms with van der Waals surface area (Å²) >= 11 is 0. The highest BCUT2D eigenvalue weighted by molar-refractivity contribution is 5.91. The van der Waals surface area contributed by atoms with Crippen molar-refractivity contribution in [3.05, 3.63) is 265 Å². The van der Waals surface area contributed by atoms with E-state index in [1.54, 1.807) is 0 Å². The van der Waals surface area contributed by atoms with Crippen LogP contribution in [0.15, 0.2) is 243 Å². The quantitative estimate of drug-likeness (QED) is 0.150. The van der Waals surface area contributed by atoms with Crippen LogP contribution in [0.4, 0.5) is 34.1 Å². The SMILES string of the molecule is CC1(C)c2ccccc2-c2ccc(N(c3ccc(-c4ccccc4)cc3)c3ccc(-c4ccc5c(c4)C(C)(C)c4cc(-c6ccccc6)ccc4N5c4ccc(-c5ccccc5)cc4)cc3)cc21. The van der Waals surface area contributed by atoms with Crippen molar-refractivity contribution in [3.63, 3.8) is 0 Å². The molecule has 2 heteroatoms. The van der Waals surface area contributed by atoms with E-state index in [9.17, 15) is 0 Å². The van der Waals surface area contributed by atoms with E-state index in [4.69, 9.17) is 0 Å². The Hall–Kier alpha value is -8.20. The first kappa shape index (κ1) is 41.2. The summed E-state index contributed by atoms with van der Waals surface area (Å²) in [4.78, 5) is 4.87. The van der Waals surface area contributed by atoms with Gasteiger partial charge < -0.3 is 9.80 Å². The molecule has 326 valence electrons. The van der Waals surface area contributed by atoms with Gasteiger partial charge in [0.1, 0.15) is 0 Å². The molecule has 0 bridgehead atoms. The maximum atomic E-state index is 2.46. The monoisotopic (exact) mass is 872 g/mol. The molecule has 0 fully saturated rings.